The van der Waals surface area contributed by atoms with Crippen LogP contribution in [0.1, 0.15) is 17.3 Å². The Morgan fingerprint density at radius 1 is 1.17 bits per heavy atom. The number of hydrogen-bond acceptors (Lipinski definition) is 5. The van der Waals surface area contributed by atoms with Crippen LogP contribution in [0.25, 0.3) is 0 Å². The molecule has 1 aromatic carbocycles. The molecule has 0 saturated carbocycles. The van der Waals surface area contributed by atoms with Crippen LogP contribution in [0, 0.1) is 0 Å². The maximum atomic E-state index is 11.1. The Hall–Kier alpha value is -2.24. The molecular weight excluding hydrogens is 238 g/mol. The van der Waals surface area contributed by atoms with Crippen molar-refractivity contribution in [3.63, 3.8) is 0 Å². The monoisotopic (exact) mass is 253 g/mol. The van der Waals surface area contributed by atoms with E-state index in [2.05, 4.69) is 0 Å². The molecule has 0 aromatic heterocycles. The zero-order valence-corrected chi connectivity index (χ0v) is 10.5. The molecule has 2 N–H and O–H groups in total. The van der Waals surface area contributed by atoms with Gasteiger partial charge in [0, 0.05) is 5.56 Å². The van der Waals surface area contributed by atoms with E-state index in [9.17, 15) is 9.59 Å². The lowest BCUT2D eigenvalue weighted by Crippen LogP contribution is -2.13. The first-order valence-corrected chi connectivity index (χ1v) is 5.17. The molecule has 0 aliphatic carbocycles. The molecule has 0 spiro atoms. The van der Waals surface area contributed by atoms with Crippen LogP contribution in [-0.4, -0.2) is 32.5 Å². The predicted molar refractivity (Wildman–Crippen MR) is 64.2 cm³/mol. The van der Waals surface area contributed by atoms with Crippen molar-refractivity contribution >= 4 is 11.7 Å². The molecule has 0 aliphatic rings. The summed E-state index contributed by atoms with van der Waals surface area (Å²) in [6, 6.07) is 2.86. The maximum absolute atomic E-state index is 11.1. The van der Waals surface area contributed by atoms with Crippen LogP contribution in [0.5, 0.6) is 17.2 Å². The summed E-state index contributed by atoms with van der Waals surface area (Å²) in [5.41, 5.74) is 5.42. The number of hydrogen-bond donors (Lipinski definition) is 1. The van der Waals surface area contributed by atoms with E-state index >= 15 is 0 Å². The summed E-state index contributed by atoms with van der Waals surface area (Å²) in [6.45, 7) is 1.29. The summed E-state index contributed by atoms with van der Waals surface area (Å²) in [5.74, 6) is 0.0804. The Bertz CT molecular complexity index is 445. The van der Waals surface area contributed by atoms with E-state index in [1.54, 1.807) is 0 Å². The fraction of sp³-hybridized carbons (Fsp3) is 0.333. The SMILES string of the molecule is COc1cc(C(N)=O)cc(OC)c1OCC(C)=O. The molecule has 98 valence electrons. The summed E-state index contributed by atoms with van der Waals surface area (Å²) in [6.07, 6.45) is 0. The van der Waals surface area contributed by atoms with Gasteiger partial charge in [-0.3, -0.25) is 9.59 Å². The highest BCUT2D eigenvalue weighted by molar-refractivity contribution is 5.94. The Labute approximate surface area is 105 Å². The fourth-order valence-corrected chi connectivity index (χ4v) is 1.34. The third kappa shape index (κ3) is 3.13. The van der Waals surface area contributed by atoms with Crippen molar-refractivity contribution in [1.82, 2.24) is 0 Å². The lowest BCUT2D eigenvalue weighted by Gasteiger charge is -2.14. The highest BCUT2D eigenvalue weighted by Gasteiger charge is 2.16. The first kappa shape index (κ1) is 13.8. The number of benzene rings is 1. The lowest BCUT2D eigenvalue weighted by atomic mass is 10.1. The largest absolute Gasteiger partial charge is 0.493 e. The van der Waals surface area contributed by atoms with Crippen LogP contribution in [0.2, 0.25) is 0 Å². The number of amides is 1. The number of nitrogens with two attached hydrogens (primary N) is 1. The molecule has 6 heteroatoms. The molecule has 0 atom stereocenters. The average Bonchev–Trinajstić information content (AvgIpc) is 2.34. The molecule has 18 heavy (non-hydrogen) atoms. The minimum Gasteiger partial charge on any atom is -0.493 e. The van der Waals surface area contributed by atoms with Crippen molar-refractivity contribution < 1.29 is 23.8 Å². The molecule has 1 amide bonds. The van der Waals surface area contributed by atoms with Crippen LogP contribution in [0.4, 0.5) is 0 Å². The normalized spacial score (nSPS) is 9.72. The lowest BCUT2D eigenvalue weighted by molar-refractivity contribution is -0.118. The Morgan fingerprint density at radius 2 is 1.67 bits per heavy atom. The number of Topliss-reactive ketones (excluding diaryl/α,β-unsaturated/α-hetero) is 1. The van der Waals surface area contributed by atoms with E-state index in [1.165, 1.54) is 33.3 Å². The van der Waals surface area contributed by atoms with Gasteiger partial charge in [0.15, 0.2) is 17.3 Å². The van der Waals surface area contributed by atoms with E-state index in [0.717, 1.165) is 0 Å². The number of methoxy groups -OCH3 is 2. The Kier molecular flexibility index (Phi) is 4.53. The molecule has 0 saturated heterocycles. The zero-order chi connectivity index (χ0) is 13.7. The van der Waals surface area contributed by atoms with E-state index in [1.807, 2.05) is 0 Å². The van der Waals surface area contributed by atoms with Gasteiger partial charge in [0.05, 0.1) is 14.2 Å². The zero-order valence-electron chi connectivity index (χ0n) is 10.5. The van der Waals surface area contributed by atoms with E-state index < -0.39 is 5.91 Å². The van der Waals surface area contributed by atoms with Gasteiger partial charge in [0.2, 0.25) is 11.7 Å². The topological polar surface area (TPSA) is 87.8 Å². The first-order chi connectivity index (χ1) is 8.49. The summed E-state index contributed by atoms with van der Waals surface area (Å²) >= 11 is 0. The van der Waals surface area contributed by atoms with Crippen molar-refractivity contribution in [2.45, 2.75) is 6.92 Å². The quantitative estimate of drug-likeness (QED) is 0.809. The number of carbonyl (C=O) groups excluding carboxylic acids is 2. The molecule has 0 radical (unpaired) electrons. The standard InChI is InChI=1S/C12H15NO5/c1-7(14)6-18-11-9(16-2)4-8(12(13)15)5-10(11)17-3/h4-5H,6H2,1-3H3,(H2,13,15). The van der Waals surface area contributed by atoms with Crippen LogP contribution in [0.3, 0.4) is 0 Å². The molecule has 1 aromatic rings. The van der Waals surface area contributed by atoms with Crippen LogP contribution in [-0.2, 0) is 4.79 Å². The summed E-state index contributed by atoms with van der Waals surface area (Å²) in [5, 5.41) is 0. The Balaban J connectivity index is 3.21. The smallest absolute Gasteiger partial charge is 0.248 e. The maximum Gasteiger partial charge on any atom is 0.248 e. The van der Waals surface area contributed by atoms with Crippen LogP contribution < -0.4 is 19.9 Å². The highest BCUT2D eigenvalue weighted by atomic mass is 16.5. The van der Waals surface area contributed by atoms with Crippen molar-refractivity contribution in [1.29, 1.82) is 0 Å². The van der Waals surface area contributed by atoms with Crippen molar-refractivity contribution in [3.8, 4) is 17.2 Å². The van der Waals surface area contributed by atoms with Gasteiger partial charge in [-0.2, -0.15) is 0 Å². The minimum atomic E-state index is -0.607. The van der Waals surface area contributed by atoms with Gasteiger partial charge in [0.25, 0.3) is 0 Å². The number of rotatable bonds is 6. The number of carbonyl (C=O) groups is 2. The van der Waals surface area contributed by atoms with Crippen molar-refractivity contribution in [3.05, 3.63) is 17.7 Å². The van der Waals surface area contributed by atoms with E-state index in [-0.39, 0.29) is 35.2 Å². The van der Waals surface area contributed by atoms with E-state index in [4.69, 9.17) is 19.9 Å². The molecule has 0 heterocycles. The van der Waals surface area contributed by atoms with Gasteiger partial charge in [0.1, 0.15) is 6.61 Å². The third-order valence-corrected chi connectivity index (χ3v) is 2.16. The van der Waals surface area contributed by atoms with Gasteiger partial charge >= 0.3 is 0 Å². The molecule has 6 nitrogen and oxygen atoms in total. The average molecular weight is 253 g/mol. The summed E-state index contributed by atoms with van der Waals surface area (Å²) < 4.78 is 15.5. The molecular formula is C12H15NO5. The second-order valence-corrected chi connectivity index (χ2v) is 3.56. The number of ether oxygens (including phenoxy) is 3. The third-order valence-electron chi connectivity index (χ3n) is 2.16. The van der Waals surface area contributed by atoms with E-state index in [0.29, 0.717) is 0 Å². The van der Waals surface area contributed by atoms with Crippen LogP contribution in [0.15, 0.2) is 12.1 Å². The van der Waals surface area contributed by atoms with Gasteiger partial charge in [-0.1, -0.05) is 0 Å². The number of ketones is 1. The van der Waals surface area contributed by atoms with Gasteiger partial charge in [-0.25, -0.2) is 0 Å². The number of primary amides is 1. The predicted octanol–water partition coefficient (Wildman–Crippen LogP) is 0.770. The van der Waals surface area contributed by atoms with Gasteiger partial charge in [-0.05, 0) is 19.1 Å². The molecule has 0 aliphatic heterocycles. The molecule has 0 bridgehead atoms. The van der Waals surface area contributed by atoms with Gasteiger partial charge < -0.3 is 19.9 Å². The molecule has 0 fully saturated rings. The molecule has 0 unspecified atom stereocenters. The second-order valence-electron chi connectivity index (χ2n) is 3.56. The van der Waals surface area contributed by atoms with Crippen molar-refractivity contribution in [2.75, 3.05) is 20.8 Å². The van der Waals surface area contributed by atoms with Crippen molar-refractivity contribution in [2.24, 2.45) is 5.73 Å². The summed E-state index contributed by atoms with van der Waals surface area (Å²) in [7, 11) is 2.83. The summed E-state index contributed by atoms with van der Waals surface area (Å²) in [4.78, 5) is 22.0. The fourth-order valence-electron chi connectivity index (χ4n) is 1.34. The Morgan fingerprint density at radius 3 is 2.00 bits per heavy atom. The highest BCUT2D eigenvalue weighted by Crippen LogP contribution is 2.38. The first-order valence-electron chi connectivity index (χ1n) is 5.17. The second kappa shape index (κ2) is 5.90. The minimum absolute atomic E-state index is 0.108. The van der Waals surface area contributed by atoms with Gasteiger partial charge in [-0.15, -0.1) is 0 Å². The van der Waals surface area contributed by atoms with Crippen LogP contribution >= 0.6 is 0 Å². The molecule has 1 rings (SSSR count).